The summed E-state index contributed by atoms with van der Waals surface area (Å²) in [6.45, 7) is -1.19. The van der Waals surface area contributed by atoms with Crippen LogP contribution in [-0.4, -0.2) is 55.2 Å². The van der Waals surface area contributed by atoms with Gasteiger partial charge < -0.3 is 9.84 Å². The first-order valence-electron chi connectivity index (χ1n) is 6.94. The molecule has 1 fully saturated rings. The predicted octanol–water partition coefficient (Wildman–Crippen LogP) is 1.64. The number of halogens is 3. The molecule has 0 bridgehead atoms. The zero-order valence-electron chi connectivity index (χ0n) is 12.7. The van der Waals surface area contributed by atoms with E-state index in [4.69, 9.17) is 9.84 Å². The molecule has 1 aromatic rings. The van der Waals surface area contributed by atoms with Gasteiger partial charge in [-0.15, -0.1) is 0 Å². The maximum atomic E-state index is 13.5. The number of hydrogen-bond donors (Lipinski definition) is 1. The van der Waals surface area contributed by atoms with Gasteiger partial charge in [-0.2, -0.15) is 4.31 Å². The zero-order chi connectivity index (χ0) is 18.1. The minimum Gasteiger partial charge on any atom is -0.480 e. The molecule has 2 rings (SSSR count). The molecule has 1 unspecified atom stereocenters. The van der Waals surface area contributed by atoms with Crippen molar-refractivity contribution in [2.75, 3.05) is 19.4 Å². The van der Waals surface area contributed by atoms with Crippen molar-refractivity contribution in [3.05, 3.63) is 35.6 Å². The lowest BCUT2D eigenvalue weighted by Gasteiger charge is -2.23. The van der Waals surface area contributed by atoms with Crippen LogP contribution in [0, 0.1) is 5.82 Å². The molecule has 0 saturated carbocycles. The van der Waals surface area contributed by atoms with Crippen LogP contribution in [0.3, 0.4) is 0 Å². The quantitative estimate of drug-likeness (QED) is 0.826. The van der Waals surface area contributed by atoms with Crippen molar-refractivity contribution < 1.29 is 36.2 Å². The molecular weight excluding hydrogens is 351 g/mol. The number of hydrogen-bond acceptors (Lipinski definition) is 4. The number of carboxylic acid groups (broad SMARTS) is 1. The summed E-state index contributed by atoms with van der Waals surface area (Å²) < 4.78 is 70.1. The van der Waals surface area contributed by atoms with E-state index in [1.165, 1.54) is 19.2 Å². The van der Waals surface area contributed by atoms with Gasteiger partial charge in [-0.3, -0.25) is 4.79 Å². The number of aliphatic carboxylic acids is 1. The summed E-state index contributed by atoms with van der Waals surface area (Å²) in [5.41, 5.74) is 0.334. The third-order valence-electron chi connectivity index (χ3n) is 3.76. The highest BCUT2D eigenvalue weighted by molar-refractivity contribution is 7.89. The third kappa shape index (κ3) is 4.05. The highest BCUT2D eigenvalue weighted by Crippen LogP contribution is 2.35. The SMILES string of the molecule is COC(CS(=O)(=O)N1CC(F)(F)C[C@H]1C(=O)O)c1ccc(F)cc1. The molecule has 2 atom stereocenters. The van der Waals surface area contributed by atoms with Gasteiger partial charge in [0.1, 0.15) is 11.9 Å². The van der Waals surface area contributed by atoms with E-state index >= 15 is 0 Å². The number of carbonyl (C=O) groups is 1. The van der Waals surface area contributed by atoms with Crippen LogP contribution >= 0.6 is 0 Å². The largest absolute Gasteiger partial charge is 0.480 e. The van der Waals surface area contributed by atoms with E-state index in [9.17, 15) is 26.4 Å². The molecule has 134 valence electrons. The Bertz CT molecular complexity index is 708. The van der Waals surface area contributed by atoms with Crippen molar-refractivity contribution in [3.8, 4) is 0 Å². The maximum Gasteiger partial charge on any atom is 0.322 e. The molecule has 1 heterocycles. The lowest BCUT2D eigenvalue weighted by atomic mass is 10.1. The van der Waals surface area contributed by atoms with Gasteiger partial charge in [-0.25, -0.2) is 21.6 Å². The summed E-state index contributed by atoms with van der Waals surface area (Å²) in [7, 11) is -3.12. The number of benzene rings is 1. The summed E-state index contributed by atoms with van der Waals surface area (Å²) in [6.07, 6.45) is -2.12. The van der Waals surface area contributed by atoms with Gasteiger partial charge in [0.05, 0.1) is 18.4 Å². The molecule has 0 radical (unpaired) electrons. The van der Waals surface area contributed by atoms with Crippen molar-refractivity contribution in [2.24, 2.45) is 0 Å². The number of alkyl halides is 2. The van der Waals surface area contributed by atoms with Crippen molar-refractivity contribution in [1.29, 1.82) is 0 Å². The number of carboxylic acids is 1. The van der Waals surface area contributed by atoms with Crippen LogP contribution in [-0.2, 0) is 19.6 Å². The summed E-state index contributed by atoms with van der Waals surface area (Å²) in [5.74, 6) is -6.29. The highest BCUT2D eigenvalue weighted by atomic mass is 32.2. The van der Waals surface area contributed by atoms with Crippen LogP contribution in [0.5, 0.6) is 0 Å². The molecular formula is C14H16F3NO5S. The second-order valence-corrected chi connectivity index (χ2v) is 7.48. The van der Waals surface area contributed by atoms with Crippen molar-refractivity contribution in [1.82, 2.24) is 4.31 Å². The molecule has 0 aliphatic carbocycles. The van der Waals surface area contributed by atoms with Crippen LogP contribution in [0.4, 0.5) is 13.2 Å². The van der Waals surface area contributed by atoms with E-state index in [1.54, 1.807) is 0 Å². The van der Waals surface area contributed by atoms with E-state index in [0.717, 1.165) is 12.1 Å². The summed E-state index contributed by atoms with van der Waals surface area (Å²) >= 11 is 0. The topological polar surface area (TPSA) is 83.9 Å². The Morgan fingerprint density at radius 1 is 1.42 bits per heavy atom. The fraction of sp³-hybridized carbons (Fsp3) is 0.500. The number of rotatable bonds is 6. The predicted molar refractivity (Wildman–Crippen MR) is 77.6 cm³/mol. The zero-order valence-corrected chi connectivity index (χ0v) is 13.5. The van der Waals surface area contributed by atoms with Gasteiger partial charge in [0.15, 0.2) is 0 Å². The standard InChI is InChI=1S/C14H16F3NO5S/c1-23-12(9-2-4-10(15)5-3-9)7-24(21,22)18-8-14(16,17)6-11(18)13(19)20/h2-5,11-12H,6-8H2,1H3,(H,19,20)/t11-,12?/m0/s1. The Morgan fingerprint density at radius 3 is 2.50 bits per heavy atom. The molecule has 1 N–H and O–H groups in total. The first-order chi connectivity index (χ1) is 11.1. The van der Waals surface area contributed by atoms with Crippen LogP contribution in [0.25, 0.3) is 0 Å². The monoisotopic (exact) mass is 367 g/mol. The average Bonchev–Trinajstić information content (AvgIpc) is 2.83. The minimum absolute atomic E-state index is 0.297. The van der Waals surface area contributed by atoms with E-state index < -0.39 is 58.6 Å². The molecule has 0 spiro atoms. The third-order valence-corrected chi connectivity index (χ3v) is 5.58. The molecule has 24 heavy (non-hydrogen) atoms. The van der Waals surface area contributed by atoms with Crippen molar-refractivity contribution >= 4 is 16.0 Å². The molecule has 1 saturated heterocycles. The molecule has 0 amide bonds. The number of ether oxygens (including phenoxy) is 1. The van der Waals surface area contributed by atoms with Crippen molar-refractivity contribution in [3.63, 3.8) is 0 Å². The molecule has 1 aliphatic rings. The molecule has 10 heteroatoms. The summed E-state index contributed by atoms with van der Waals surface area (Å²) in [6, 6.07) is 3.02. The first-order valence-corrected chi connectivity index (χ1v) is 8.55. The van der Waals surface area contributed by atoms with E-state index in [2.05, 4.69) is 0 Å². The van der Waals surface area contributed by atoms with Gasteiger partial charge in [0.25, 0.3) is 5.92 Å². The van der Waals surface area contributed by atoms with Crippen LogP contribution in [0.15, 0.2) is 24.3 Å². The van der Waals surface area contributed by atoms with Crippen LogP contribution in [0.1, 0.15) is 18.1 Å². The molecule has 1 aliphatic heterocycles. The Kier molecular flexibility index (Phi) is 5.21. The Hall–Kier alpha value is -1.65. The van der Waals surface area contributed by atoms with Gasteiger partial charge in [0, 0.05) is 13.5 Å². The molecule has 0 aromatic heterocycles. The minimum atomic E-state index is -4.34. The van der Waals surface area contributed by atoms with Gasteiger partial charge in [0.2, 0.25) is 10.0 Å². The molecule has 1 aromatic carbocycles. The molecule has 6 nitrogen and oxygen atoms in total. The Labute approximate surface area is 136 Å². The van der Waals surface area contributed by atoms with E-state index in [1.807, 2.05) is 0 Å². The van der Waals surface area contributed by atoms with Gasteiger partial charge in [-0.05, 0) is 17.7 Å². The smallest absolute Gasteiger partial charge is 0.322 e. The summed E-state index contributed by atoms with van der Waals surface area (Å²) in [5, 5.41) is 9.01. The van der Waals surface area contributed by atoms with Crippen LogP contribution < -0.4 is 0 Å². The lowest BCUT2D eigenvalue weighted by Crippen LogP contribution is -2.43. The fourth-order valence-corrected chi connectivity index (χ4v) is 4.40. The normalized spacial score (nSPS) is 22.4. The first kappa shape index (κ1) is 18.7. The highest BCUT2D eigenvalue weighted by Gasteiger charge is 2.53. The van der Waals surface area contributed by atoms with E-state index in [-0.39, 0.29) is 0 Å². The van der Waals surface area contributed by atoms with E-state index in [0.29, 0.717) is 9.87 Å². The number of methoxy groups -OCH3 is 1. The Balaban J connectivity index is 2.25. The maximum absolute atomic E-state index is 13.5. The number of sulfonamides is 1. The van der Waals surface area contributed by atoms with Gasteiger partial charge >= 0.3 is 5.97 Å². The van der Waals surface area contributed by atoms with Crippen LogP contribution in [0.2, 0.25) is 0 Å². The second-order valence-electron chi connectivity index (χ2n) is 5.51. The lowest BCUT2D eigenvalue weighted by molar-refractivity contribution is -0.141. The number of nitrogens with zero attached hydrogens (tertiary/aromatic N) is 1. The van der Waals surface area contributed by atoms with Gasteiger partial charge in [-0.1, -0.05) is 12.1 Å². The Morgan fingerprint density at radius 2 is 2.00 bits per heavy atom. The average molecular weight is 367 g/mol. The van der Waals surface area contributed by atoms with Crippen molar-refractivity contribution in [2.45, 2.75) is 24.5 Å². The second kappa shape index (κ2) is 6.69. The summed E-state index contributed by atoms with van der Waals surface area (Å²) in [4.78, 5) is 11.1. The fourth-order valence-electron chi connectivity index (χ4n) is 2.55.